The zero-order chi connectivity index (χ0) is 24.0. The fourth-order valence-corrected chi connectivity index (χ4v) is 4.60. The summed E-state index contributed by atoms with van der Waals surface area (Å²) in [6.45, 7) is 10.6. The number of ether oxygens (including phenoxy) is 2. The van der Waals surface area contributed by atoms with Crippen LogP contribution in [0.1, 0.15) is 52.4 Å². The average Bonchev–Trinajstić information content (AvgIpc) is 3.17. The maximum Gasteiger partial charge on any atom is 0.341 e. The first-order chi connectivity index (χ1) is 15.8. The van der Waals surface area contributed by atoms with E-state index in [4.69, 9.17) is 9.47 Å². The van der Waals surface area contributed by atoms with E-state index in [1.54, 1.807) is 6.92 Å². The lowest BCUT2D eigenvalue weighted by molar-refractivity contribution is -0.116. The minimum atomic E-state index is -0.428. The molecule has 1 heterocycles. The van der Waals surface area contributed by atoms with Gasteiger partial charge in [0.1, 0.15) is 16.3 Å². The van der Waals surface area contributed by atoms with E-state index in [1.165, 1.54) is 11.3 Å². The molecule has 3 aromatic rings. The van der Waals surface area contributed by atoms with Crippen LogP contribution in [0.5, 0.6) is 5.75 Å². The van der Waals surface area contributed by atoms with Gasteiger partial charge >= 0.3 is 5.97 Å². The molecule has 6 heteroatoms. The summed E-state index contributed by atoms with van der Waals surface area (Å²) in [5.41, 5.74) is 6.58. The number of carbonyl (C=O) groups is 2. The van der Waals surface area contributed by atoms with Crippen molar-refractivity contribution >= 4 is 28.2 Å². The monoisotopic (exact) mass is 465 g/mol. The first kappa shape index (κ1) is 24.5. The molecule has 0 fully saturated rings. The third kappa shape index (κ3) is 6.23. The van der Waals surface area contributed by atoms with E-state index in [9.17, 15) is 9.59 Å². The van der Waals surface area contributed by atoms with Gasteiger partial charge in [-0.1, -0.05) is 35.9 Å². The summed E-state index contributed by atoms with van der Waals surface area (Å²) in [4.78, 5) is 25.4. The van der Waals surface area contributed by atoms with Crippen molar-refractivity contribution in [2.24, 2.45) is 0 Å². The fraction of sp³-hybridized carbons (Fsp3) is 0.333. The van der Waals surface area contributed by atoms with Gasteiger partial charge in [-0.25, -0.2) is 4.79 Å². The Bertz CT molecular complexity index is 1150. The van der Waals surface area contributed by atoms with Crippen molar-refractivity contribution < 1.29 is 19.1 Å². The molecule has 0 saturated carbocycles. The maximum absolute atomic E-state index is 12.8. The van der Waals surface area contributed by atoms with Gasteiger partial charge in [-0.3, -0.25) is 4.79 Å². The molecule has 1 aromatic heterocycles. The molecule has 2 aromatic carbocycles. The highest BCUT2D eigenvalue weighted by atomic mass is 32.1. The molecule has 0 bridgehead atoms. The molecule has 0 aliphatic carbocycles. The molecule has 0 radical (unpaired) electrons. The van der Waals surface area contributed by atoms with Crippen LogP contribution in [0.3, 0.4) is 0 Å². The summed E-state index contributed by atoms with van der Waals surface area (Å²) in [5, 5.41) is 5.34. The van der Waals surface area contributed by atoms with Gasteiger partial charge in [0.2, 0.25) is 5.91 Å². The zero-order valence-electron chi connectivity index (χ0n) is 19.9. The molecule has 0 unspecified atom stereocenters. The second-order valence-electron chi connectivity index (χ2n) is 8.16. The Hall–Kier alpha value is -3.12. The van der Waals surface area contributed by atoms with Crippen molar-refractivity contribution in [3.8, 4) is 16.9 Å². The lowest BCUT2D eigenvalue weighted by atomic mass is 9.97. The Morgan fingerprint density at radius 2 is 1.67 bits per heavy atom. The van der Waals surface area contributed by atoms with Crippen molar-refractivity contribution in [3.05, 3.63) is 69.6 Å². The van der Waals surface area contributed by atoms with Crippen LogP contribution in [-0.4, -0.2) is 25.1 Å². The largest absolute Gasteiger partial charge is 0.493 e. The summed E-state index contributed by atoms with van der Waals surface area (Å²) in [7, 11) is 0. The molecule has 0 aliphatic rings. The molecule has 0 atom stereocenters. The molecule has 5 nitrogen and oxygen atoms in total. The number of nitrogens with one attached hydrogen (secondary N) is 1. The van der Waals surface area contributed by atoms with Crippen LogP contribution in [-0.2, 0) is 9.53 Å². The molecule has 3 rings (SSSR count). The molecule has 1 amide bonds. The number of anilines is 1. The minimum Gasteiger partial charge on any atom is -0.493 e. The number of carbonyl (C=O) groups excluding carboxylic acids is 2. The van der Waals surface area contributed by atoms with E-state index in [2.05, 4.69) is 11.4 Å². The Morgan fingerprint density at radius 3 is 2.39 bits per heavy atom. The second kappa shape index (κ2) is 11.1. The second-order valence-corrected chi connectivity index (χ2v) is 9.04. The number of thiophene rings is 1. The number of aryl methyl sites for hydroxylation is 4. The van der Waals surface area contributed by atoms with Gasteiger partial charge < -0.3 is 14.8 Å². The minimum absolute atomic E-state index is 0.154. The molecule has 0 saturated heterocycles. The highest BCUT2D eigenvalue weighted by Crippen LogP contribution is 2.38. The summed E-state index contributed by atoms with van der Waals surface area (Å²) in [5.74, 6) is 0.262. The number of benzene rings is 2. The lowest BCUT2D eigenvalue weighted by Gasteiger charge is -2.11. The summed E-state index contributed by atoms with van der Waals surface area (Å²) in [6.07, 6.45) is 0.868. The summed E-state index contributed by atoms with van der Waals surface area (Å²) >= 11 is 1.34. The Kier molecular flexibility index (Phi) is 8.28. The van der Waals surface area contributed by atoms with Crippen molar-refractivity contribution in [1.82, 2.24) is 0 Å². The zero-order valence-corrected chi connectivity index (χ0v) is 20.7. The van der Waals surface area contributed by atoms with E-state index < -0.39 is 5.97 Å². The molecule has 1 N–H and O–H groups in total. The van der Waals surface area contributed by atoms with Crippen LogP contribution in [0.25, 0.3) is 11.1 Å². The van der Waals surface area contributed by atoms with Crippen LogP contribution in [0.15, 0.2) is 41.8 Å². The van der Waals surface area contributed by atoms with E-state index >= 15 is 0 Å². The predicted molar refractivity (Wildman–Crippen MR) is 134 cm³/mol. The summed E-state index contributed by atoms with van der Waals surface area (Å²) < 4.78 is 11.1. The highest BCUT2D eigenvalue weighted by molar-refractivity contribution is 7.15. The van der Waals surface area contributed by atoms with Crippen LogP contribution >= 0.6 is 11.3 Å². The van der Waals surface area contributed by atoms with Crippen molar-refractivity contribution in [3.63, 3.8) is 0 Å². The third-order valence-corrected chi connectivity index (χ3v) is 6.24. The van der Waals surface area contributed by atoms with E-state index in [0.29, 0.717) is 30.0 Å². The average molecular weight is 466 g/mol. The molecule has 0 aliphatic heterocycles. The number of esters is 1. The highest BCUT2D eigenvalue weighted by Gasteiger charge is 2.23. The number of hydrogen-bond acceptors (Lipinski definition) is 5. The molecular formula is C27H31NO4S. The van der Waals surface area contributed by atoms with Crippen molar-refractivity contribution in [2.45, 2.75) is 47.5 Å². The standard InChI is InChI=1S/C27H31NO4S/c1-6-31-27(30)25-22(21-12-10-17(2)14-20(21)5)16-33-26(25)28-24(29)8-7-13-32-23-15-18(3)9-11-19(23)4/h9-12,14-16H,6-8,13H2,1-5H3,(H,28,29). The van der Waals surface area contributed by atoms with Crippen LogP contribution in [0.4, 0.5) is 5.00 Å². The number of amides is 1. The van der Waals surface area contributed by atoms with Gasteiger partial charge in [0, 0.05) is 17.4 Å². The predicted octanol–water partition coefficient (Wildman–Crippen LogP) is 6.62. The van der Waals surface area contributed by atoms with Crippen LogP contribution < -0.4 is 10.1 Å². The van der Waals surface area contributed by atoms with Gasteiger partial charge in [0.15, 0.2) is 0 Å². The van der Waals surface area contributed by atoms with Crippen LogP contribution in [0.2, 0.25) is 0 Å². The van der Waals surface area contributed by atoms with E-state index in [0.717, 1.165) is 39.1 Å². The Morgan fingerprint density at radius 1 is 0.939 bits per heavy atom. The number of hydrogen-bond donors (Lipinski definition) is 1. The maximum atomic E-state index is 12.8. The van der Waals surface area contributed by atoms with Gasteiger partial charge in [0.25, 0.3) is 0 Å². The lowest BCUT2D eigenvalue weighted by Crippen LogP contribution is -2.15. The normalized spacial score (nSPS) is 10.7. The topological polar surface area (TPSA) is 64.6 Å². The van der Waals surface area contributed by atoms with Crippen molar-refractivity contribution in [2.75, 3.05) is 18.5 Å². The third-order valence-electron chi connectivity index (χ3n) is 5.35. The van der Waals surface area contributed by atoms with Gasteiger partial charge in [-0.2, -0.15) is 0 Å². The van der Waals surface area contributed by atoms with Crippen molar-refractivity contribution in [1.29, 1.82) is 0 Å². The van der Waals surface area contributed by atoms with Gasteiger partial charge in [-0.05, 0) is 69.4 Å². The van der Waals surface area contributed by atoms with Gasteiger partial charge in [-0.15, -0.1) is 11.3 Å². The summed E-state index contributed by atoms with van der Waals surface area (Å²) in [6, 6.07) is 12.2. The smallest absolute Gasteiger partial charge is 0.341 e. The van der Waals surface area contributed by atoms with E-state index in [-0.39, 0.29) is 12.5 Å². The molecule has 33 heavy (non-hydrogen) atoms. The van der Waals surface area contributed by atoms with Gasteiger partial charge in [0.05, 0.1) is 13.2 Å². The Balaban J connectivity index is 1.69. The Labute approximate surface area is 199 Å². The fourth-order valence-electron chi connectivity index (χ4n) is 3.64. The van der Waals surface area contributed by atoms with Crippen LogP contribution in [0, 0.1) is 27.7 Å². The first-order valence-corrected chi connectivity index (χ1v) is 12.0. The first-order valence-electron chi connectivity index (χ1n) is 11.2. The van der Waals surface area contributed by atoms with E-state index in [1.807, 2.05) is 63.4 Å². The molecule has 0 spiro atoms. The quantitative estimate of drug-likeness (QED) is 0.285. The SMILES string of the molecule is CCOC(=O)c1c(-c2ccc(C)cc2C)csc1NC(=O)CCCOc1cc(C)ccc1C. The molecular weight excluding hydrogens is 434 g/mol. The number of rotatable bonds is 9. The molecule has 174 valence electrons.